The normalized spacial score (nSPS) is 9.35. The van der Waals surface area contributed by atoms with Crippen LogP contribution in [0.15, 0.2) is 43.6 Å². The van der Waals surface area contributed by atoms with E-state index >= 15 is 0 Å². The molecule has 0 amide bonds. The van der Waals surface area contributed by atoms with Crippen LogP contribution in [-0.2, 0) is 9.53 Å². The van der Waals surface area contributed by atoms with Crippen molar-refractivity contribution in [3.8, 4) is 0 Å². The van der Waals surface area contributed by atoms with Gasteiger partial charge in [-0.05, 0) is 11.6 Å². The Balaban J connectivity index is 0. The summed E-state index contributed by atoms with van der Waals surface area (Å²) >= 11 is 0. The first kappa shape index (κ1) is 22.8. The summed E-state index contributed by atoms with van der Waals surface area (Å²) in [5, 5.41) is 2.96. The lowest BCUT2D eigenvalue weighted by molar-refractivity contribution is -0.140. The first-order valence-corrected chi connectivity index (χ1v) is 7.80. The summed E-state index contributed by atoms with van der Waals surface area (Å²) < 4.78 is 4.55. The molecule has 1 heterocycles. The number of hydrogen-bond acceptors (Lipinski definition) is 5. The molecule has 0 unspecified atom stereocenters. The molecule has 0 spiro atoms. The predicted octanol–water partition coefficient (Wildman–Crippen LogP) is 4.26. The van der Waals surface area contributed by atoms with Gasteiger partial charge < -0.3 is 10.1 Å². The van der Waals surface area contributed by atoms with Crippen LogP contribution in [0.3, 0.4) is 0 Å². The van der Waals surface area contributed by atoms with Gasteiger partial charge in [-0.15, -0.1) is 0 Å². The zero-order valence-electron chi connectivity index (χ0n) is 14.9. The van der Waals surface area contributed by atoms with Crippen molar-refractivity contribution in [1.29, 1.82) is 0 Å². The number of carbonyl (C=O) groups excluding carboxylic acids is 1. The SMILES string of the molecule is C=C/C=C(\C=C)c1ccnc(NCCC(=O)OC)n1.CC.CC. The minimum Gasteiger partial charge on any atom is -0.469 e. The molecule has 0 radical (unpaired) electrons. The highest BCUT2D eigenvalue weighted by Crippen LogP contribution is 2.13. The number of hydrogen-bond donors (Lipinski definition) is 1. The summed E-state index contributed by atoms with van der Waals surface area (Å²) in [6.07, 6.45) is 7.09. The average Bonchev–Trinajstić information content (AvgIpc) is 2.63. The molecule has 0 bridgehead atoms. The summed E-state index contributed by atoms with van der Waals surface area (Å²) in [5.41, 5.74) is 1.60. The van der Waals surface area contributed by atoms with Gasteiger partial charge in [0.1, 0.15) is 0 Å². The Morgan fingerprint density at radius 3 is 2.48 bits per heavy atom. The van der Waals surface area contributed by atoms with Crippen LogP contribution in [0.2, 0.25) is 0 Å². The summed E-state index contributed by atoms with van der Waals surface area (Å²) in [4.78, 5) is 19.4. The van der Waals surface area contributed by atoms with Crippen molar-refractivity contribution in [2.24, 2.45) is 0 Å². The van der Waals surface area contributed by atoms with E-state index in [0.717, 1.165) is 11.3 Å². The van der Waals surface area contributed by atoms with E-state index in [0.29, 0.717) is 12.5 Å². The molecule has 0 saturated heterocycles. The number of methoxy groups -OCH3 is 1. The summed E-state index contributed by atoms with van der Waals surface area (Å²) in [6.45, 7) is 15.8. The van der Waals surface area contributed by atoms with Crippen molar-refractivity contribution in [2.45, 2.75) is 34.1 Å². The molecule has 1 N–H and O–H groups in total. The highest BCUT2D eigenvalue weighted by atomic mass is 16.5. The van der Waals surface area contributed by atoms with E-state index in [2.05, 4.69) is 33.2 Å². The third-order valence-electron chi connectivity index (χ3n) is 2.31. The smallest absolute Gasteiger partial charge is 0.307 e. The van der Waals surface area contributed by atoms with Gasteiger partial charge in [-0.25, -0.2) is 9.97 Å². The predicted molar refractivity (Wildman–Crippen MR) is 98.2 cm³/mol. The van der Waals surface area contributed by atoms with Gasteiger partial charge in [-0.3, -0.25) is 4.79 Å². The van der Waals surface area contributed by atoms with Crippen molar-refractivity contribution >= 4 is 17.5 Å². The topological polar surface area (TPSA) is 64.1 Å². The number of nitrogens with zero attached hydrogens (tertiary/aromatic N) is 2. The fourth-order valence-electron chi connectivity index (χ4n) is 1.37. The molecule has 5 heteroatoms. The van der Waals surface area contributed by atoms with Crippen LogP contribution in [0, 0.1) is 0 Å². The van der Waals surface area contributed by atoms with Crippen molar-refractivity contribution in [1.82, 2.24) is 9.97 Å². The molecule has 128 valence electrons. The number of anilines is 1. The molecule has 0 saturated carbocycles. The third kappa shape index (κ3) is 10.0. The second kappa shape index (κ2) is 15.9. The van der Waals surface area contributed by atoms with Crippen LogP contribution in [0.5, 0.6) is 0 Å². The van der Waals surface area contributed by atoms with Crippen LogP contribution in [-0.4, -0.2) is 29.6 Å². The Bertz CT molecular complexity index is 497. The highest BCUT2D eigenvalue weighted by molar-refractivity contribution is 5.72. The fourth-order valence-corrected chi connectivity index (χ4v) is 1.37. The average molecular weight is 319 g/mol. The van der Waals surface area contributed by atoms with E-state index in [4.69, 9.17) is 0 Å². The maximum Gasteiger partial charge on any atom is 0.307 e. The van der Waals surface area contributed by atoms with Crippen LogP contribution < -0.4 is 5.32 Å². The molecule has 0 aliphatic rings. The highest BCUT2D eigenvalue weighted by Gasteiger charge is 2.03. The molecule has 0 aliphatic carbocycles. The van der Waals surface area contributed by atoms with Gasteiger partial charge in [0.2, 0.25) is 5.95 Å². The molecule has 1 aromatic rings. The Kier molecular flexibility index (Phi) is 15.8. The third-order valence-corrected chi connectivity index (χ3v) is 2.31. The minimum atomic E-state index is -0.276. The van der Waals surface area contributed by atoms with Gasteiger partial charge in [-0.1, -0.05) is 59.1 Å². The van der Waals surface area contributed by atoms with E-state index < -0.39 is 0 Å². The molecule has 5 nitrogen and oxygen atoms in total. The van der Waals surface area contributed by atoms with E-state index in [1.54, 1.807) is 24.4 Å². The molecule has 1 rings (SSSR count). The van der Waals surface area contributed by atoms with Crippen LogP contribution in [0.25, 0.3) is 5.57 Å². The molecule has 1 aromatic heterocycles. The van der Waals surface area contributed by atoms with Crippen LogP contribution in [0.1, 0.15) is 39.8 Å². The lowest BCUT2D eigenvalue weighted by Gasteiger charge is -2.06. The number of carbonyl (C=O) groups is 1. The number of esters is 1. The Hall–Kier alpha value is -2.43. The molecular formula is C18H29N3O2. The number of aromatic nitrogens is 2. The fraction of sp³-hybridized carbons (Fsp3) is 0.389. The Labute approximate surface area is 140 Å². The van der Waals surface area contributed by atoms with Crippen molar-refractivity contribution in [3.05, 3.63) is 49.3 Å². The summed E-state index contributed by atoms with van der Waals surface area (Å²) in [6, 6.07) is 1.78. The molecule has 0 aromatic carbocycles. The second-order valence-electron chi connectivity index (χ2n) is 3.58. The van der Waals surface area contributed by atoms with E-state index in [-0.39, 0.29) is 12.4 Å². The standard InChI is InChI=1S/C14H17N3O2.2C2H6/c1-4-6-11(5-2)12-7-9-15-14(17-12)16-10-8-13(18)19-3;2*1-2/h4-7,9H,1-2,8,10H2,3H3,(H,15,16,17);2*1-2H3/b11-6+;;. The maximum atomic E-state index is 11.0. The number of nitrogens with one attached hydrogen (secondary N) is 1. The van der Waals surface area contributed by atoms with Gasteiger partial charge in [0.25, 0.3) is 0 Å². The zero-order valence-corrected chi connectivity index (χ0v) is 14.9. The first-order chi connectivity index (χ1) is 11.2. The van der Waals surface area contributed by atoms with Gasteiger partial charge in [0.15, 0.2) is 0 Å². The van der Waals surface area contributed by atoms with E-state index in [9.17, 15) is 4.79 Å². The molecule has 0 atom stereocenters. The van der Waals surface area contributed by atoms with E-state index in [1.165, 1.54) is 7.11 Å². The lowest BCUT2D eigenvalue weighted by atomic mass is 10.1. The van der Waals surface area contributed by atoms with E-state index in [1.807, 2.05) is 33.8 Å². The van der Waals surface area contributed by atoms with Gasteiger partial charge in [0.05, 0.1) is 19.2 Å². The quantitative estimate of drug-likeness (QED) is 0.601. The first-order valence-electron chi connectivity index (χ1n) is 7.80. The largest absolute Gasteiger partial charge is 0.469 e. The Morgan fingerprint density at radius 1 is 1.30 bits per heavy atom. The van der Waals surface area contributed by atoms with Crippen molar-refractivity contribution < 1.29 is 9.53 Å². The summed E-state index contributed by atoms with van der Waals surface area (Å²) in [7, 11) is 1.36. The molecule has 0 aliphatic heterocycles. The molecule has 0 fully saturated rings. The van der Waals surface area contributed by atoms with Gasteiger partial charge in [0, 0.05) is 12.7 Å². The Morgan fingerprint density at radius 2 is 1.96 bits per heavy atom. The molecular weight excluding hydrogens is 290 g/mol. The number of allylic oxidation sites excluding steroid dienone is 4. The van der Waals surface area contributed by atoms with Gasteiger partial charge >= 0.3 is 5.97 Å². The number of rotatable bonds is 7. The van der Waals surface area contributed by atoms with Crippen molar-refractivity contribution in [2.75, 3.05) is 19.0 Å². The monoisotopic (exact) mass is 319 g/mol. The van der Waals surface area contributed by atoms with Crippen molar-refractivity contribution in [3.63, 3.8) is 0 Å². The minimum absolute atomic E-state index is 0.265. The van der Waals surface area contributed by atoms with Crippen LogP contribution >= 0.6 is 0 Å². The van der Waals surface area contributed by atoms with Crippen LogP contribution in [0.4, 0.5) is 5.95 Å². The maximum absolute atomic E-state index is 11.0. The second-order valence-corrected chi connectivity index (χ2v) is 3.58. The summed E-state index contributed by atoms with van der Waals surface area (Å²) in [5.74, 6) is 0.181. The molecule has 23 heavy (non-hydrogen) atoms. The zero-order chi connectivity index (χ0) is 18.1. The lowest BCUT2D eigenvalue weighted by Crippen LogP contribution is -2.11. The number of ether oxygens (including phenoxy) is 1. The van der Waals surface area contributed by atoms with Gasteiger partial charge in [-0.2, -0.15) is 0 Å².